The molecule has 0 fully saturated rings. The van der Waals surface area contributed by atoms with E-state index in [1.165, 1.54) is 31.3 Å². The first kappa shape index (κ1) is 19.4. The minimum atomic E-state index is -3.95. The molecule has 0 aliphatic heterocycles. The van der Waals surface area contributed by atoms with E-state index in [1.807, 2.05) is 31.2 Å². The summed E-state index contributed by atoms with van der Waals surface area (Å²) in [6.45, 7) is 1.97. The Morgan fingerprint density at radius 3 is 2.20 bits per heavy atom. The van der Waals surface area contributed by atoms with Crippen molar-refractivity contribution in [2.45, 2.75) is 30.7 Å². The monoisotopic (exact) mass is 381 g/mol. The van der Waals surface area contributed by atoms with E-state index in [4.69, 9.17) is 11.6 Å². The van der Waals surface area contributed by atoms with Gasteiger partial charge in [-0.1, -0.05) is 42.8 Å². The summed E-state index contributed by atoms with van der Waals surface area (Å²) in [5, 5.41) is 10.0. The molecule has 0 aromatic heterocycles. The molecule has 0 aliphatic rings. The molecule has 0 aliphatic carbocycles. The summed E-state index contributed by atoms with van der Waals surface area (Å²) in [6.07, 6.45) is 0.846. The zero-order valence-electron chi connectivity index (χ0n) is 14.0. The van der Waals surface area contributed by atoms with Gasteiger partial charge < -0.3 is 5.11 Å². The molecule has 2 aromatic rings. The first-order valence-electron chi connectivity index (χ1n) is 7.80. The minimum Gasteiger partial charge on any atom is -0.480 e. The second-order valence-electron chi connectivity index (χ2n) is 5.66. The zero-order chi connectivity index (χ0) is 18.6. The first-order chi connectivity index (χ1) is 11.8. The molecule has 0 amide bonds. The summed E-state index contributed by atoms with van der Waals surface area (Å²) in [7, 11) is -2.66. The lowest BCUT2D eigenvalue weighted by atomic mass is 9.99. The number of aliphatic carboxylic acids is 1. The smallest absolute Gasteiger partial charge is 0.322 e. The maximum atomic E-state index is 12.8. The molecule has 134 valence electrons. The van der Waals surface area contributed by atoms with Crippen molar-refractivity contribution < 1.29 is 18.3 Å². The Morgan fingerprint density at radius 1 is 1.12 bits per heavy atom. The van der Waals surface area contributed by atoms with E-state index in [0.29, 0.717) is 5.02 Å². The molecular formula is C18H20ClNO4S. The average molecular weight is 382 g/mol. The third kappa shape index (κ3) is 4.39. The standard InChI is InChI=1S/C18H20ClNO4S/c1-3-13-6-4-5-7-14(13)12-17(18(21)22)20(2)25(23,24)16-10-8-15(19)9-11-16/h4-11,17H,3,12H2,1-2H3,(H,21,22)/t17-/m1/s1. The normalized spacial score (nSPS) is 13.0. The lowest BCUT2D eigenvalue weighted by molar-refractivity contribution is -0.141. The van der Waals surface area contributed by atoms with Gasteiger partial charge in [0.25, 0.3) is 0 Å². The van der Waals surface area contributed by atoms with Crippen LogP contribution in [0.3, 0.4) is 0 Å². The van der Waals surface area contributed by atoms with Gasteiger partial charge in [0.15, 0.2) is 0 Å². The van der Waals surface area contributed by atoms with Crippen LogP contribution < -0.4 is 0 Å². The minimum absolute atomic E-state index is 0.00873. The second kappa shape index (κ2) is 7.99. The fourth-order valence-corrected chi connectivity index (χ4v) is 4.06. The molecule has 7 heteroatoms. The van der Waals surface area contributed by atoms with Crippen LogP contribution in [0.4, 0.5) is 0 Å². The quantitative estimate of drug-likeness (QED) is 0.799. The van der Waals surface area contributed by atoms with Gasteiger partial charge >= 0.3 is 5.97 Å². The van der Waals surface area contributed by atoms with Crippen LogP contribution in [0.15, 0.2) is 53.4 Å². The van der Waals surface area contributed by atoms with Crippen LogP contribution in [0.2, 0.25) is 5.02 Å². The molecule has 0 unspecified atom stereocenters. The van der Waals surface area contributed by atoms with Gasteiger partial charge in [0, 0.05) is 12.1 Å². The number of carboxylic acid groups (broad SMARTS) is 1. The Labute approximate surface area is 152 Å². The lowest BCUT2D eigenvalue weighted by Gasteiger charge is -2.25. The molecule has 0 heterocycles. The van der Waals surface area contributed by atoms with Crippen molar-refractivity contribution in [2.75, 3.05) is 7.05 Å². The van der Waals surface area contributed by atoms with Crippen LogP contribution in [0.25, 0.3) is 0 Å². The number of hydrogen-bond donors (Lipinski definition) is 1. The Balaban J connectivity index is 2.36. The summed E-state index contributed by atoms with van der Waals surface area (Å²) in [5.74, 6) is -1.19. The summed E-state index contributed by atoms with van der Waals surface area (Å²) >= 11 is 5.79. The number of nitrogens with zero attached hydrogens (tertiary/aromatic N) is 1. The largest absolute Gasteiger partial charge is 0.480 e. The fraction of sp³-hybridized carbons (Fsp3) is 0.278. The Morgan fingerprint density at radius 2 is 1.68 bits per heavy atom. The highest BCUT2D eigenvalue weighted by molar-refractivity contribution is 7.89. The van der Waals surface area contributed by atoms with Gasteiger partial charge in [-0.05, 0) is 48.2 Å². The van der Waals surface area contributed by atoms with Gasteiger partial charge in [0.2, 0.25) is 10.0 Å². The van der Waals surface area contributed by atoms with Gasteiger partial charge in [-0.15, -0.1) is 0 Å². The molecule has 0 radical (unpaired) electrons. The number of rotatable bonds is 7. The zero-order valence-corrected chi connectivity index (χ0v) is 15.6. The highest BCUT2D eigenvalue weighted by atomic mass is 35.5. The van der Waals surface area contributed by atoms with Crippen molar-refractivity contribution >= 4 is 27.6 Å². The number of carboxylic acids is 1. The summed E-state index contributed by atoms with van der Waals surface area (Å²) in [4.78, 5) is 11.8. The van der Waals surface area contributed by atoms with Crippen LogP contribution in [0.5, 0.6) is 0 Å². The summed E-state index contributed by atoms with van der Waals surface area (Å²) < 4.78 is 26.4. The Hall–Kier alpha value is -1.89. The second-order valence-corrected chi connectivity index (χ2v) is 8.09. The van der Waals surface area contributed by atoms with E-state index in [2.05, 4.69) is 0 Å². The first-order valence-corrected chi connectivity index (χ1v) is 9.62. The topological polar surface area (TPSA) is 74.7 Å². The predicted octanol–water partition coefficient (Wildman–Crippen LogP) is 3.22. The molecule has 2 aromatic carbocycles. The van der Waals surface area contributed by atoms with Crippen molar-refractivity contribution in [3.8, 4) is 0 Å². The summed E-state index contributed by atoms with van der Waals surface area (Å²) in [6, 6.07) is 11.9. The van der Waals surface area contributed by atoms with E-state index in [-0.39, 0.29) is 11.3 Å². The van der Waals surface area contributed by atoms with E-state index < -0.39 is 22.0 Å². The van der Waals surface area contributed by atoms with Crippen LogP contribution >= 0.6 is 11.6 Å². The molecule has 0 spiro atoms. The van der Waals surface area contributed by atoms with Crippen molar-refractivity contribution in [2.24, 2.45) is 0 Å². The Bertz CT molecular complexity index is 850. The maximum absolute atomic E-state index is 12.8. The molecule has 25 heavy (non-hydrogen) atoms. The van der Waals surface area contributed by atoms with Crippen molar-refractivity contribution in [3.05, 3.63) is 64.7 Å². The van der Waals surface area contributed by atoms with E-state index >= 15 is 0 Å². The van der Waals surface area contributed by atoms with Crippen LogP contribution in [0.1, 0.15) is 18.1 Å². The third-order valence-corrected chi connectivity index (χ3v) is 6.26. The van der Waals surface area contributed by atoms with Crippen LogP contribution in [-0.2, 0) is 27.7 Å². The number of aryl methyl sites for hydroxylation is 1. The highest BCUT2D eigenvalue weighted by Gasteiger charge is 2.33. The molecular weight excluding hydrogens is 362 g/mol. The van der Waals surface area contributed by atoms with Crippen LogP contribution in [0, 0.1) is 0 Å². The number of benzene rings is 2. The van der Waals surface area contributed by atoms with Gasteiger partial charge in [-0.3, -0.25) is 4.79 Å². The molecule has 1 atom stereocenters. The van der Waals surface area contributed by atoms with Crippen molar-refractivity contribution in [1.29, 1.82) is 0 Å². The molecule has 0 bridgehead atoms. The van der Waals surface area contributed by atoms with Gasteiger partial charge in [-0.25, -0.2) is 8.42 Å². The number of likely N-dealkylation sites (N-methyl/N-ethyl adjacent to an activating group) is 1. The van der Waals surface area contributed by atoms with Gasteiger partial charge in [0.1, 0.15) is 6.04 Å². The van der Waals surface area contributed by atoms with Crippen molar-refractivity contribution in [3.63, 3.8) is 0 Å². The van der Waals surface area contributed by atoms with E-state index in [0.717, 1.165) is 21.9 Å². The lowest BCUT2D eigenvalue weighted by Crippen LogP contribution is -2.43. The fourth-order valence-electron chi connectivity index (χ4n) is 2.62. The average Bonchev–Trinajstić information content (AvgIpc) is 2.59. The number of sulfonamides is 1. The number of carbonyl (C=O) groups is 1. The third-order valence-electron chi connectivity index (χ3n) is 4.13. The predicted molar refractivity (Wildman–Crippen MR) is 97.3 cm³/mol. The van der Waals surface area contributed by atoms with E-state index in [9.17, 15) is 18.3 Å². The SMILES string of the molecule is CCc1ccccc1C[C@H](C(=O)O)N(C)S(=O)(=O)c1ccc(Cl)cc1. The highest BCUT2D eigenvalue weighted by Crippen LogP contribution is 2.22. The maximum Gasteiger partial charge on any atom is 0.322 e. The molecule has 0 saturated heterocycles. The molecule has 0 saturated carbocycles. The van der Waals surface area contributed by atoms with Gasteiger partial charge in [-0.2, -0.15) is 4.31 Å². The Kier molecular flexibility index (Phi) is 6.21. The number of halogens is 1. The molecule has 2 rings (SSSR count). The van der Waals surface area contributed by atoms with Crippen LogP contribution in [-0.4, -0.2) is 36.9 Å². The summed E-state index contributed by atoms with van der Waals surface area (Å²) in [5.41, 5.74) is 1.83. The van der Waals surface area contributed by atoms with Crippen molar-refractivity contribution in [1.82, 2.24) is 4.31 Å². The van der Waals surface area contributed by atoms with E-state index in [1.54, 1.807) is 0 Å². The van der Waals surface area contributed by atoms with Gasteiger partial charge in [0.05, 0.1) is 4.90 Å². The molecule has 5 nitrogen and oxygen atoms in total. The number of hydrogen-bond acceptors (Lipinski definition) is 3. The molecule has 1 N–H and O–H groups in total.